The van der Waals surface area contributed by atoms with E-state index in [1.165, 1.54) is 0 Å². The Bertz CT molecular complexity index is 535. The van der Waals surface area contributed by atoms with E-state index >= 15 is 0 Å². The maximum absolute atomic E-state index is 13.0. The van der Waals surface area contributed by atoms with Gasteiger partial charge in [0.15, 0.2) is 5.78 Å². The summed E-state index contributed by atoms with van der Waals surface area (Å²) >= 11 is 0. The molecule has 114 valence electrons. The van der Waals surface area contributed by atoms with E-state index in [-0.39, 0.29) is 17.7 Å². The summed E-state index contributed by atoms with van der Waals surface area (Å²) < 4.78 is 5.23. The van der Waals surface area contributed by atoms with Gasteiger partial charge in [0.2, 0.25) is 0 Å². The van der Waals surface area contributed by atoms with Gasteiger partial charge in [-0.05, 0) is 37.3 Å². The molecule has 3 heteroatoms. The lowest BCUT2D eigenvalue weighted by Crippen LogP contribution is -2.47. The molecular weight excluding hydrogens is 264 g/mol. The van der Waals surface area contributed by atoms with E-state index in [0.29, 0.717) is 19.4 Å². The lowest BCUT2D eigenvalue weighted by molar-refractivity contribution is -0.161. The van der Waals surface area contributed by atoms with Gasteiger partial charge in [0.1, 0.15) is 5.41 Å². The number of Topliss-reactive ketones (excluding diaryl/α,β-unsaturated/α-hetero) is 1. The smallest absolute Gasteiger partial charge is 0.319 e. The SMILES string of the molecule is CCCC1C(=O)C(CC)(C(=O)OCC)Cc2ccccc21. The predicted molar refractivity (Wildman–Crippen MR) is 82.2 cm³/mol. The molecule has 0 spiro atoms. The molecule has 0 saturated carbocycles. The first-order valence-electron chi connectivity index (χ1n) is 7.90. The van der Waals surface area contributed by atoms with Gasteiger partial charge in [-0.3, -0.25) is 9.59 Å². The molecule has 0 fully saturated rings. The number of rotatable bonds is 5. The summed E-state index contributed by atoms with van der Waals surface area (Å²) in [7, 11) is 0. The van der Waals surface area contributed by atoms with Gasteiger partial charge in [0.25, 0.3) is 0 Å². The highest BCUT2D eigenvalue weighted by atomic mass is 16.5. The van der Waals surface area contributed by atoms with Crippen LogP contribution in [-0.4, -0.2) is 18.4 Å². The van der Waals surface area contributed by atoms with Crippen molar-refractivity contribution in [3.8, 4) is 0 Å². The number of fused-ring (bicyclic) bond motifs is 1. The highest BCUT2D eigenvalue weighted by molar-refractivity contribution is 6.08. The molecule has 0 N–H and O–H groups in total. The Morgan fingerprint density at radius 3 is 2.62 bits per heavy atom. The van der Waals surface area contributed by atoms with Crippen molar-refractivity contribution in [3.05, 3.63) is 35.4 Å². The Labute approximate surface area is 126 Å². The summed E-state index contributed by atoms with van der Waals surface area (Å²) in [6.07, 6.45) is 2.68. The number of esters is 1. The number of benzene rings is 1. The molecule has 2 atom stereocenters. The molecule has 1 aliphatic carbocycles. The van der Waals surface area contributed by atoms with Crippen LogP contribution in [0.4, 0.5) is 0 Å². The highest BCUT2D eigenvalue weighted by Crippen LogP contribution is 2.44. The fourth-order valence-electron chi connectivity index (χ4n) is 3.38. The van der Waals surface area contributed by atoms with E-state index in [2.05, 4.69) is 6.92 Å². The molecule has 0 aliphatic heterocycles. The molecule has 2 rings (SSSR count). The quantitative estimate of drug-likeness (QED) is 0.613. The van der Waals surface area contributed by atoms with Crippen molar-refractivity contribution < 1.29 is 14.3 Å². The first-order valence-corrected chi connectivity index (χ1v) is 7.90. The van der Waals surface area contributed by atoms with Crippen molar-refractivity contribution in [2.24, 2.45) is 5.41 Å². The maximum atomic E-state index is 13.0. The Morgan fingerprint density at radius 1 is 1.29 bits per heavy atom. The molecule has 21 heavy (non-hydrogen) atoms. The number of carbonyl (C=O) groups is 2. The number of ether oxygens (including phenoxy) is 1. The number of hydrogen-bond donors (Lipinski definition) is 0. The van der Waals surface area contributed by atoms with Crippen LogP contribution in [0.1, 0.15) is 57.1 Å². The molecule has 0 aromatic heterocycles. The van der Waals surface area contributed by atoms with E-state index in [0.717, 1.165) is 24.0 Å². The van der Waals surface area contributed by atoms with Crippen molar-refractivity contribution in [2.75, 3.05) is 6.61 Å². The summed E-state index contributed by atoms with van der Waals surface area (Å²) in [5.41, 5.74) is 1.22. The fraction of sp³-hybridized carbons (Fsp3) is 0.556. The molecule has 1 aromatic rings. The van der Waals surface area contributed by atoms with E-state index in [1.807, 2.05) is 31.2 Å². The zero-order valence-corrected chi connectivity index (χ0v) is 13.1. The second-order valence-corrected chi connectivity index (χ2v) is 5.74. The summed E-state index contributed by atoms with van der Waals surface area (Å²) in [5.74, 6) is -0.485. The summed E-state index contributed by atoms with van der Waals surface area (Å²) in [6, 6.07) is 8.01. The second-order valence-electron chi connectivity index (χ2n) is 5.74. The minimum absolute atomic E-state index is 0.0454. The summed E-state index contributed by atoms with van der Waals surface area (Å²) in [6.45, 7) is 6.08. The van der Waals surface area contributed by atoms with Gasteiger partial charge in [-0.25, -0.2) is 0 Å². The summed E-state index contributed by atoms with van der Waals surface area (Å²) in [5, 5.41) is 0. The predicted octanol–water partition coefficient (Wildman–Crippen LogP) is 3.66. The van der Waals surface area contributed by atoms with Crippen LogP contribution in [0.25, 0.3) is 0 Å². The lowest BCUT2D eigenvalue weighted by Gasteiger charge is -2.38. The van der Waals surface area contributed by atoms with Crippen LogP contribution in [-0.2, 0) is 20.7 Å². The van der Waals surface area contributed by atoms with Gasteiger partial charge < -0.3 is 4.74 Å². The van der Waals surface area contributed by atoms with Gasteiger partial charge in [-0.15, -0.1) is 0 Å². The first-order chi connectivity index (χ1) is 10.1. The van der Waals surface area contributed by atoms with Crippen LogP contribution in [0.2, 0.25) is 0 Å². The minimum atomic E-state index is -0.996. The third kappa shape index (κ3) is 2.61. The van der Waals surface area contributed by atoms with Crippen LogP contribution in [0.3, 0.4) is 0 Å². The zero-order chi connectivity index (χ0) is 15.5. The molecule has 1 aromatic carbocycles. The van der Waals surface area contributed by atoms with Crippen LogP contribution in [0.15, 0.2) is 24.3 Å². The molecule has 1 aliphatic rings. The molecule has 0 saturated heterocycles. The van der Waals surface area contributed by atoms with Crippen LogP contribution in [0, 0.1) is 5.41 Å². The average Bonchev–Trinajstić information content (AvgIpc) is 2.50. The normalized spacial score (nSPS) is 24.5. The van der Waals surface area contributed by atoms with Crippen molar-refractivity contribution >= 4 is 11.8 Å². The van der Waals surface area contributed by atoms with Crippen molar-refractivity contribution in [1.29, 1.82) is 0 Å². The number of hydrogen-bond acceptors (Lipinski definition) is 3. The van der Waals surface area contributed by atoms with Crippen molar-refractivity contribution in [2.45, 2.75) is 52.4 Å². The number of carbonyl (C=O) groups excluding carboxylic acids is 2. The van der Waals surface area contributed by atoms with Crippen LogP contribution >= 0.6 is 0 Å². The van der Waals surface area contributed by atoms with Gasteiger partial charge in [0, 0.05) is 5.92 Å². The third-order valence-electron chi connectivity index (χ3n) is 4.56. The van der Waals surface area contributed by atoms with E-state index in [1.54, 1.807) is 6.92 Å². The molecule has 3 nitrogen and oxygen atoms in total. The van der Waals surface area contributed by atoms with Gasteiger partial charge >= 0.3 is 5.97 Å². The largest absolute Gasteiger partial charge is 0.465 e. The third-order valence-corrected chi connectivity index (χ3v) is 4.56. The Morgan fingerprint density at radius 2 is 2.00 bits per heavy atom. The Kier molecular flexibility index (Phi) is 4.81. The van der Waals surface area contributed by atoms with Gasteiger partial charge in [0.05, 0.1) is 6.61 Å². The zero-order valence-electron chi connectivity index (χ0n) is 13.1. The molecule has 0 bridgehead atoms. The maximum Gasteiger partial charge on any atom is 0.319 e. The molecular formula is C18H24O3. The van der Waals surface area contributed by atoms with E-state index in [9.17, 15) is 9.59 Å². The molecule has 0 radical (unpaired) electrons. The van der Waals surface area contributed by atoms with Crippen LogP contribution < -0.4 is 0 Å². The molecule has 0 heterocycles. The summed E-state index contributed by atoms with van der Waals surface area (Å²) in [4.78, 5) is 25.5. The van der Waals surface area contributed by atoms with E-state index in [4.69, 9.17) is 4.74 Å². The van der Waals surface area contributed by atoms with Crippen molar-refractivity contribution in [1.82, 2.24) is 0 Å². The topological polar surface area (TPSA) is 43.4 Å². The highest BCUT2D eigenvalue weighted by Gasteiger charge is 2.51. The van der Waals surface area contributed by atoms with Gasteiger partial charge in [-0.1, -0.05) is 44.5 Å². The molecule has 2 unspecified atom stereocenters. The van der Waals surface area contributed by atoms with Crippen LogP contribution in [0.5, 0.6) is 0 Å². The van der Waals surface area contributed by atoms with E-state index < -0.39 is 5.41 Å². The average molecular weight is 288 g/mol. The first kappa shape index (κ1) is 15.7. The minimum Gasteiger partial charge on any atom is -0.465 e. The standard InChI is InChI=1S/C18H24O3/c1-4-9-15-14-11-8-7-10-13(14)12-18(5-2,16(15)19)17(20)21-6-3/h7-8,10-11,15H,4-6,9,12H2,1-3H3. The van der Waals surface area contributed by atoms with Gasteiger partial charge in [-0.2, -0.15) is 0 Å². The Balaban J connectivity index is 2.50. The fourth-order valence-corrected chi connectivity index (χ4v) is 3.38. The Hall–Kier alpha value is -1.64. The lowest BCUT2D eigenvalue weighted by atomic mass is 9.63. The second kappa shape index (κ2) is 6.42. The number of ketones is 1. The monoisotopic (exact) mass is 288 g/mol. The molecule has 0 amide bonds. The van der Waals surface area contributed by atoms with Crippen molar-refractivity contribution in [3.63, 3.8) is 0 Å².